The van der Waals surface area contributed by atoms with E-state index in [1.807, 2.05) is 36.1 Å². The van der Waals surface area contributed by atoms with E-state index in [1.165, 1.54) is 0 Å². The summed E-state index contributed by atoms with van der Waals surface area (Å²) in [6, 6.07) is 7.45. The molecule has 4 heteroatoms. The molecule has 3 rings (SSSR count). The first-order valence-corrected chi connectivity index (χ1v) is 7.68. The van der Waals surface area contributed by atoms with Crippen LogP contribution in [0, 0.1) is 0 Å². The van der Waals surface area contributed by atoms with Crippen molar-refractivity contribution in [3.63, 3.8) is 0 Å². The topological polar surface area (TPSA) is 37.4 Å². The lowest BCUT2D eigenvalue weighted by molar-refractivity contribution is -0.120. The predicted molar refractivity (Wildman–Crippen MR) is 77.8 cm³/mol. The number of rotatable bonds is 1. The first-order valence-electron chi connectivity index (χ1n) is 6.70. The van der Waals surface area contributed by atoms with Crippen LogP contribution in [0.5, 0.6) is 0 Å². The van der Waals surface area contributed by atoms with Gasteiger partial charge in [0.1, 0.15) is 0 Å². The minimum Gasteiger partial charge on any atom is -0.310 e. The largest absolute Gasteiger partial charge is 0.310 e. The van der Waals surface area contributed by atoms with Crippen molar-refractivity contribution < 1.29 is 9.59 Å². The molecule has 1 amide bonds. The number of hydrogen-bond acceptors (Lipinski definition) is 3. The maximum atomic E-state index is 12.8. The normalized spacial score (nSPS) is 26.4. The monoisotopic (exact) mass is 275 g/mol. The molecule has 3 nitrogen and oxygen atoms in total. The fourth-order valence-corrected chi connectivity index (χ4v) is 4.12. The van der Waals surface area contributed by atoms with Crippen LogP contribution < -0.4 is 4.90 Å². The van der Waals surface area contributed by atoms with Gasteiger partial charge in [-0.3, -0.25) is 9.59 Å². The summed E-state index contributed by atoms with van der Waals surface area (Å²) in [7, 11) is 0. The van der Waals surface area contributed by atoms with E-state index in [2.05, 4.69) is 0 Å². The number of nitrogens with zero attached hydrogens (tertiary/aromatic N) is 1. The van der Waals surface area contributed by atoms with E-state index in [9.17, 15) is 9.59 Å². The molecule has 1 saturated heterocycles. The standard InChI is InChI=1S/C15H17NO2S/c1-15(8-4-10-19-15)14(18)16-9-7-13(17)11-5-2-3-6-12(11)16/h2-3,5-6H,4,7-10H2,1H3. The summed E-state index contributed by atoms with van der Waals surface area (Å²) in [5.74, 6) is 1.36. The average molecular weight is 275 g/mol. The zero-order valence-corrected chi connectivity index (χ0v) is 11.8. The molecule has 1 unspecified atom stereocenters. The molecule has 2 aliphatic heterocycles. The van der Waals surface area contributed by atoms with Crippen molar-refractivity contribution in [1.82, 2.24) is 0 Å². The van der Waals surface area contributed by atoms with Gasteiger partial charge in [-0.25, -0.2) is 0 Å². The van der Waals surface area contributed by atoms with Crippen molar-refractivity contribution >= 4 is 29.1 Å². The van der Waals surface area contributed by atoms with E-state index in [0.29, 0.717) is 18.5 Å². The number of anilines is 1. The maximum Gasteiger partial charge on any atom is 0.242 e. The Labute approximate surface area is 117 Å². The Morgan fingerprint density at radius 3 is 2.89 bits per heavy atom. The summed E-state index contributed by atoms with van der Waals surface area (Å²) in [6.45, 7) is 2.55. The quantitative estimate of drug-likeness (QED) is 0.791. The second-order valence-electron chi connectivity index (χ2n) is 5.33. The number of carbonyl (C=O) groups is 2. The van der Waals surface area contributed by atoms with Gasteiger partial charge in [-0.05, 0) is 37.7 Å². The molecule has 0 N–H and O–H groups in total. The first-order chi connectivity index (χ1) is 9.12. The number of thioether (sulfide) groups is 1. The highest BCUT2D eigenvalue weighted by atomic mass is 32.2. The van der Waals surface area contributed by atoms with Crippen LogP contribution in [0.15, 0.2) is 24.3 Å². The minimum atomic E-state index is -0.312. The van der Waals surface area contributed by atoms with E-state index in [0.717, 1.165) is 24.3 Å². The Morgan fingerprint density at radius 1 is 1.37 bits per heavy atom. The van der Waals surface area contributed by atoms with Crippen molar-refractivity contribution in [3.05, 3.63) is 29.8 Å². The minimum absolute atomic E-state index is 0.142. The molecule has 1 fully saturated rings. The molecule has 1 aromatic carbocycles. The van der Waals surface area contributed by atoms with Gasteiger partial charge in [0, 0.05) is 18.5 Å². The van der Waals surface area contributed by atoms with Crippen molar-refractivity contribution in [2.45, 2.75) is 30.9 Å². The molecular formula is C15H17NO2S. The molecule has 1 aromatic rings. The smallest absolute Gasteiger partial charge is 0.242 e. The number of hydrogen-bond donors (Lipinski definition) is 0. The Morgan fingerprint density at radius 2 is 2.16 bits per heavy atom. The fraction of sp³-hybridized carbons (Fsp3) is 0.467. The van der Waals surface area contributed by atoms with E-state index < -0.39 is 0 Å². The van der Waals surface area contributed by atoms with Crippen LogP contribution in [-0.4, -0.2) is 28.7 Å². The summed E-state index contributed by atoms with van der Waals surface area (Å²) in [5, 5.41) is 0. The van der Waals surface area contributed by atoms with Crippen LogP contribution in [0.2, 0.25) is 0 Å². The van der Waals surface area contributed by atoms with Gasteiger partial charge in [-0.1, -0.05) is 12.1 Å². The molecule has 100 valence electrons. The third kappa shape index (κ3) is 2.08. The number of amides is 1. The lowest BCUT2D eigenvalue weighted by atomic mass is 9.97. The zero-order chi connectivity index (χ0) is 13.5. The Balaban J connectivity index is 1.96. The highest BCUT2D eigenvalue weighted by molar-refractivity contribution is 8.01. The lowest BCUT2D eigenvalue weighted by Gasteiger charge is -2.34. The molecule has 0 spiro atoms. The van der Waals surface area contributed by atoms with Crippen LogP contribution in [0.1, 0.15) is 36.5 Å². The first kappa shape index (κ1) is 12.7. The highest BCUT2D eigenvalue weighted by Crippen LogP contribution is 2.41. The SMILES string of the molecule is CC1(C(=O)N2CCC(=O)c3ccccc32)CCCS1. The van der Waals surface area contributed by atoms with Crippen LogP contribution in [0.4, 0.5) is 5.69 Å². The number of ketones is 1. The van der Waals surface area contributed by atoms with E-state index in [-0.39, 0.29) is 16.4 Å². The van der Waals surface area contributed by atoms with Crippen molar-refractivity contribution in [2.75, 3.05) is 17.2 Å². The third-order valence-corrected chi connectivity index (χ3v) is 5.48. The molecule has 2 aliphatic rings. The van der Waals surface area contributed by atoms with Crippen LogP contribution in [0.3, 0.4) is 0 Å². The number of Topliss-reactive ketones (excluding diaryl/α,β-unsaturated/α-hetero) is 1. The van der Waals surface area contributed by atoms with E-state index in [1.54, 1.807) is 11.8 Å². The van der Waals surface area contributed by atoms with Crippen LogP contribution >= 0.6 is 11.8 Å². The molecule has 0 aromatic heterocycles. The predicted octanol–water partition coefficient (Wildman–Crippen LogP) is 2.89. The number of fused-ring (bicyclic) bond motifs is 1. The lowest BCUT2D eigenvalue weighted by Crippen LogP contribution is -2.47. The van der Waals surface area contributed by atoms with E-state index in [4.69, 9.17) is 0 Å². The molecule has 19 heavy (non-hydrogen) atoms. The zero-order valence-electron chi connectivity index (χ0n) is 11.0. The second kappa shape index (κ2) is 4.67. The van der Waals surface area contributed by atoms with Crippen molar-refractivity contribution in [2.24, 2.45) is 0 Å². The van der Waals surface area contributed by atoms with Gasteiger partial charge >= 0.3 is 0 Å². The number of benzene rings is 1. The van der Waals surface area contributed by atoms with E-state index >= 15 is 0 Å². The van der Waals surface area contributed by atoms with Gasteiger partial charge in [0.05, 0.1) is 10.4 Å². The molecule has 1 atom stereocenters. The molecule has 0 saturated carbocycles. The summed E-state index contributed by atoms with van der Waals surface area (Å²) in [5.41, 5.74) is 1.48. The number of para-hydroxylation sites is 1. The molecular weight excluding hydrogens is 258 g/mol. The second-order valence-corrected chi connectivity index (χ2v) is 6.93. The fourth-order valence-electron chi connectivity index (χ4n) is 2.86. The summed E-state index contributed by atoms with van der Waals surface area (Å²) >= 11 is 1.75. The third-order valence-electron chi connectivity index (χ3n) is 3.97. The summed E-state index contributed by atoms with van der Waals surface area (Å²) in [4.78, 5) is 26.5. The van der Waals surface area contributed by atoms with Crippen LogP contribution in [-0.2, 0) is 4.79 Å². The van der Waals surface area contributed by atoms with Gasteiger partial charge in [-0.15, -0.1) is 11.8 Å². The Kier molecular flexibility index (Phi) is 3.13. The summed E-state index contributed by atoms with van der Waals surface area (Å²) in [6.07, 6.45) is 2.47. The number of carbonyl (C=O) groups excluding carboxylic acids is 2. The van der Waals surface area contributed by atoms with Gasteiger partial charge in [0.25, 0.3) is 0 Å². The maximum absolute atomic E-state index is 12.8. The Bertz CT molecular complexity index is 535. The molecule has 0 bridgehead atoms. The van der Waals surface area contributed by atoms with Crippen molar-refractivity contribution in [1.29, 1.82) is 0 Å². The van der Waals surface area contributed by atoms with Gasteiger partial charge in [0.15, 0.2) is 5.78 Å². The van der Waals surface area contributed by atoms with Gasteiger partial charge in [-0.2, -0.15) is 0 Å². The average Bonchev–Trinajstić information content (AvgIpc) is 2.87. The molecule has 0 aliphatic carbocycles. The highest BCUT2D eigenvalue weighted by Gasteiger charge is 2.42. The molecule has 0 radical (unpaired) electrons. The Hall–Kier alpha value is -1.29. The van der Waals surface area contributed by atoms with Crippen molar-refractivity contribution in [3.8, 4) is 0 Å². The van der Waals surface area contributed by atoms with Gasteiger partial charge < -0.3 is 4.90 Å². The van der Waals surface area contributed by atoms with Gasteiger partial charge in [0.2, 0.25) is 5.91 Å². The molecule has 2 heterocycles. The summed E-state index contributed by atoms with van der Waals surface area (Å²) < 4.78 is -0.312. The van der Waals surface area contributed by atoms with Crippen LogP contribution in [0.25, 0.3) is 0 Å².